The molecule has 0 bridgehead atoms. The highest BCUT2D eigenvalue weighted by molar-refractivity contribution is 8.00. The fourth-order valence-electron chi connectivity index (χ4n) is 2.22. The number of aromatic amines is 1. The lowest BCUT2D eigenvalue weighted by atomic mass is 10.0. The van der Waals surface area contributed by atoms with Crippen LogP contribution in [0.1, 0.15) is 52.4 Å². The van der Waals surface area contributed by atoms with E-state index in [2.05, 4.69) is 9.72 Å². The number of aryl methyl sites for hydroxylation is 1. The van der Waals surface area contributed by atoms with Crippen molar-refractivity contribution in [3.05, 3.63) is 22.5 Å². The number of Topliss-reactive ketones (excluding diaryl/α,β-unsaturated/α-hetero) is 2. The first-order chi connectivity index (χ1) is 9.79. The van der Waals surface area contributed by atoms with Gasteiger partial charge < -0.3 is 9.72 Å². The van der Waals surface area contributed by atoms with E-state index < -0.39 is 0 Å². The Labute approximate surface area is 128 Å². The summed E-state index contributed by atoms with van der Waals surface area (Å²) in [5.41, 5.74) is 2.49. The minimum absolute atomic E-state index is 0.0497. The summed E-state index contributed by atoms with van der Waals surface area (Å²) in [6.45, 7) is 6.86. The molecule has 1 atom stereocenters. The first-order valence-electron chi connectivity index (χ1n) is 6.72. The second-order valence-electron chi connectivity index (χ2n) is 4.88. The van der Waals surface area contributed by atoms with E-state index in [1.54, 1.807) is 20.8 Å². The van der Waals surface area contributed by atoms with Crippen molar-refractivity contribution in [1.29, 1.82) is 0 Å². The van der Waals surface area contributed by atoms with Crippen molar-refractivity contribution in [2.24, 2.45) is 0 Å². The molecule has 0 aliphatic rings. The van der Waals surface area contributed by atoms with Crippen molar-refractivity contribution in [2.45, 2.75) is 39.4 Å². The SMILES string of the molecule is COC(=O)CCS[C@@H](C)C(=O)c1[nH]c(C)c(C(C)=O)c1C. The normalized spacial score (nSPS) is 12.0. The number of rotatable bonds is 7. The van der Waals surface area contributed by atoms with Gasteiger partial charge in [0.15, 0.2) is 11.6 Å². The first-order valence-corrected chi connectivity index (χ1v) is 7.77. The third kappa shape index (κ3) is 4.20. The molecule has 1 N–H and O–H groups in total. The van der Waals surface area contributed by atoms with Gasteiger partial charge in [0.25, 0.3) is 0 Å². The molecule has 0 aliphatic carbocycles. The summed E-state index contributed by atoms with van der Waals surface area (Å²) in [4.78, 5) is 38.1. The monoisotopic (exact) mass is 311 g/mol. The van der Waals surface area contributed by atoms with Crippen molar-refractivity contribution in [2.75, 3.05) is 12.9 Å². The molecule has 1 heterocycles. The van der Waals surface area contributed by atoms with Crippen LogP contribution in [0.3, 0.4) is 0 Å². The number of H-pyrrole nitrogens is 1. The molecule has 0 spiro atoms. The predicted molar refractivity (Wildman–Crippen MR) is 83.2 cm³/mol. The Balaban J connectivity index is 2.77. The Kier molecular flexibility index (Phi) is 6.20. The predicted octanol–water partition coefficient (Wildman–Crippen LogP) is 2.70. The van der Waals surface area contributed by atoms with Gasteiger partial charge >= 0.3 is 5.97 Å². The van der Waals surface area contributed by atoms with Gasteiger partial charge in [-0.25, -0.2) is 0 Å². The van der Waals surface area contributed by atoms with Crippen molar-refractivity contribution in [3.8, 4) is 0 Å². The van der Waals surface area contributed by atoms with Gasteiger partial charge in [-0.05, 0) is 33.3 Å². The molecule has 21 heavy (non-hydrogen) atoms. The van der Waals surface area contributed by atoms with E-state index in [9.17, 15) is 14.4 Å². The van der Waals surface area contributed by atoms with E-state index in [0.717, 1.165) is 5.69 Å². The highest BCUT2D eigenvalue weighted by atomic mass is 32.2. The third-order valence-electron chi connectivity index (χ3n) is 3.31. The fraction of sp³-hybridized carbons (Fsp3) is 0.533. The number of thioether (sulfide) groups is 1. The van der Waals surface area contributed by atoms with Crippen LogP contribution in [0.2, 0.25) is 0 Å². The highest BCUT2D eigenvalue weighted by Crippen LogP contribution is 2.23. The zero-order chi connectivity index (χ0) is 16.2. The van der Waals surface area contributed by atoms with Gasteiger partial charge in [0.2, 0.25) is 0 Å². The van der Waals surface area contributed by atoms with Gasteiger partial charge in [-0.15, -0.1) is 11.8 Å². The van der Waals surface area contributed by atoms with E-state index in [1.807, 2.05) is 0 Å². The van der Waals surface area contributed by atoms with E-state index in [4.69, 9.17) is 0 Å². The number of methoxy groups -OCH3 is 1. The smallest absolute Gasteiger partial charge is 0.306 e. The average molecular weight is 311 g/mol. The van der Waals surface area contributed by atoms with Crippen LogP contribution in [0.4, 0.5) is 0 Å². The van der Waals surface area contributed by atoms with Crippen molar-refractivity contribution in [1.82, 2.24) is 4.98 Å². The van der Waals surface area contributed by atoms with Crippen LogP contribution >= 0.6 is 11.8 Å². The van der Waals surface area contributed by atoms with E-state index in [-0.39, 0.29) is 29.2 Å². The largest absolute Gasteiger partial charge is 0.469 e. The van der Waals surface area contributed by atoms with E-state index in [0.29, 0.717) is 22.6 Å². The van der Waals surface area contributed by atoms with Gasteiger partial charge in [0.05, 0.1) is 24.5 Å². The standard InChI is InChI=1S/C15H21NO4S/c1-8-13(10(3)17)9(2)16-14(8)15(19)11(4)21-7-6-12(18)20-5/h11,16H,6-7H2,1-5H3/t11-/m0/s1. The van der Waals surface area contributed by atoms with Crippen LogP contribution in [0, 0.1) is 13.8 Å². The topological polar surface area (TPSA) is 76.2 Å². The maximum absolute atomic E-state index is 12.4. The lowest BCUT2D eigenvalue weighted by Crippen LogP contribution is -2.16. The number of aromatic nitrogens is 1. The summed E-state index contributed by atoms with van der Waals surface area (Å²) >= 11 is 1.40. The van der Waals surface area contributed by atoms with Gasteiger partial charge in [0.1, 0.15) is 0 Å². The molecule has 0 amide bonds. The number of ether oxygens (including phenoxy) is 1. The van der Waals surface area contributed by atoms with Gasteiger partial charge in [0, 0.05) is 17.0 Å². The average Bonchev–Trinajstić information content (AvgIpc) is 2.72. The summed E-state index contributed by atoms with van der Waals surface area (Å²) in [5, 5.41) is -0.286. The molecule has 1 aromatic rings. The Morgan fingerprint density at radius 2 is 1.90 bits per heavy atom. The van der Waals surface area contributed by atoms with E-state index >= 15 is 0 Å². The van der Waals surface area contributed by atoms with Crippen LogP contribution in [0.15, 0.2) is 0 Å². The minimum Gasteiger partial charge on any atom is -0.469 e. The van der Waals surface area contributed by atoms with Crippen LogP contribution in [-0.2, 0) is 9.53 Å². The molecule has 1 rings (SSSR count). The van der Waals surface area contributed by atoms with Crippen molar-refractivity contribution < 1.29 is 19.1 Å². The molecule has 6 heteroatoms. The molecular formula is C15H21NO4S. The maximum Gasteiger partial charge on any atom is 0.306 e. The molecule has 116 valence electrons. The molecule has 0 unspecified atom stereocenters. The Morgan fingerprint density at radius 3 is 2.38 bits per heavy atom. The van der Waals surface area contributed by atoms with Crippen molar-refractivity contribution >= 4 is 29.3 Å². The van der Waals surface area contributed by atoms with Crippen LogP contribution in [0.25, 0.3) is 0 Å². The number of hydrogen-bond donors (Lipinski definition) is 1. The minimum atomic E-state index is -0.286. The summed E-state index contributed by atoms with van der Waals surface area (Å²) < 4.78 is 4.56. The number of carbonyl (C=O) groups excluding carboxylic acids is 3. The van der Waals surface area contributed by atoms with Gasteiger partial charge in [-0.3, -0.25) is 14.4 Å². The summed E-state index contributed by atoms with van der Waals surface area (Å²) in [6, 6.07) is 0. The zero-order valence-corrected chi connectivity index (χ0v) is 13.8. The molecule has 5 nitrogen and oxygen atoms in total. The Bertz CT molecular complexity index is 562. The van der Waals surface area contributed by atoms with Gasteiger partial charge in [-0.2, -0.15) is 0 Å². The number of nitrogens with one attached hydrogen (secondary N) is 1. The molecule has 0 fully saturated rings. The fourth-order valence-corrected chi connectivity index (χ4v) is 3.13. The zero-order valence-electron chi connectivity index (χ0n) is 13.0. The quantitative estimate of drug-likeness (QED) is 0.619. The van der Waals surface area contributed by atoms with Crippen LogP contribution in [-0.4, -0.2) is 40.6 Å². The number of carbonyl (C=O) groups is 3. The van der Waals surface area contributed by atoms with Crippen LogP contribution in [0.5, 0.6) is 0 Å². The Morgan fingerprint density at radius 1 is 1.29 bits per heavy atom. The molecule has 0 aromatic carbocycles. The third-order valence-corrected chi connectivity index (χ3v) is 4.46. The maximum atomic E-state index is 12.4. The molecule has 0 saturated carbocycles. The Hall–Kier alpha value is -1.56. The second-order valence-corrected chi connectivity index (χ2v) is 6.33. The molecule has 0 saturated heterocycles. The van der Waals surface area contributed by atoms with Crippen LogP contribution < -0.4 is 0 Å². The summed E-state index contributed by atoms with van der Waals surface area (Å²) in [6.07, 6.45) is 0.278. The molecular weight excluding hydrogens is 290 g/mol. The summed E-state index contributed by atoms with van der Waals surface area (Å²) in [7, 11) is 1.34. The van der Waals surface area contributed by atoms with Gasteiger partial charge in [-0.1, -0.05) is 0 Å². The summed E-state index contributed by atoms with van der Waals surface area (Å²) in [5.74, 6) is 0.134. The molecule has 1 aromatic heterocycles. The molecule has 0 radical (unpaired) electrons. The highest BCUT2D eigenvalue weighted by Gasteiger charge is 2.23. The number of hydrogen-bond acceptors (Lipinski definition) is 5. The first kappa shape index (κ1) is 17.5. The number of esters is 1. The lowest BCUT2D eigenvalue weighted by molar-refractivity contribution is -0.140. The van der Waals surface area contributed by atoms with Crippen molar-refractivity contribution in [3.63, 3.8) is 0 Å². The number of ketones is 2. The molecule has 0 aliphatic heterocycles. The second kappa shape index (κ2) is 7.45. The van der Waals surface area contributed by atoms with E-state index in [1.165, 1.54) is 25.8 Å². The lowest BCUT2D eigenvalue weighted by Gasteiger charge is -2.09.